The molecular weight excluding hydrogens is 282 g/mol. The normalized spacial score (nSPS) is 28.4. The van der Waals surface area contributed by atoms with Crippen LogP contribution in [0, 0.1) is 5.41 Å². The van der Waals surface area contributed by atoms with Crippen LogP contribution in [0.25, 0.3) is 0 Å². The van der Waals surface area contributed by atoms with E-state index >= 15 is 0 Å². The fourth-order valence-corrected chi connectivity index (χ4v) is 2.62. The van der Waals surface area contributed by atoms with Crippen LogP contribution < -0.4 is 5.32 Å². The van der Waals surface area contributed by atoms with Crippen LogP contribution in [-0.4, -0.2) is 55.3 Å². The van der Waals surface area contributed by atoms with Crippen molar-refractivity contribution in [3.63, 3.8) is 0 Å². The Morgan fingerprint density at radius 1 is 1.62 bits per heavy atom. The fourth-order valence-electron chi connectivity index (χ4n) is 2.62. The molecule has 2 fully saturated rings. The summed E-state index contributed by atoms with van der Waals surface area (Å²) in [5.74, 6) is -3.18. The van der Waals surface area contributed by atoms with Gasteiger partial charge >= 0.3 is 5.97 Å². The minimum Gasteiger partial charge on any atom is -0.461 e. The zero-order chi connectivity index (χ0) is 15.7. The molecule has 0 bridgehead atoms. The summed E-state index contributed by atoms with van der Waals surface area (Å²) in [6, 6.07) is -1.31. The van der Waals surface area contributed by atoms with Crippen LogP contribution in [0.3, 0.4) is 0 Å². The second kappa shape index (κ2) is 5.98. The van der Waals surface area contributed by atoms with Gasteiger partial charge in [0.15, 0.2) is 0 Å². The second-order valence-corrected chi connectivity index (χ2v) is 6.15. The largest absolute Gasteiger partial charge is 0.461 e. The van der Waals surface area contributed by atoms with Crippen LogP contribution in [0.1, 0.15) is 20.3 Å². The fraction of sp³-hybridized carbons (Fsp3) is 0.786. The number of carbonyl (C=O) groups is 1. The van der Waals surface area contributed by atoms with Crippen molar-refractivity contribution in [1.29, 1.82) is 0 Å². The summed E-state index contributed by atoms with van der Waals surface area (Å²) in [4.78, 5) is 17.2. The molecule has 2 heterocycles. The number of carbonyl (C=O) groups excluding carboxylic acids is 1. The quantitative estimate of drug-likeness (QED) is 0.593. The van der Waals surface area contributed by atoms with Gasteiger partial charge in [0.05, 0.1) is 24.6 Å². The summed E-state index contributed by atoms with van der Waals surface area (Å²) < 4.78 is 32.6. The summed E-state index contributed by atoms with van der Waals surface area (Å²) >= 11 is 0. The van der Waals surface area contributed by atoms with Gasteiger partial charge in [-0.05, 0) is 20.3 Å². The standard InChI is InChI=1S/C14H22F2N2O3/c1-4-7-20-12(19)13(2,3)5-6-18-11-10(8-21-18)17-9-14(11,15)16/h4,10-11,17H,1,5-9H2,2-3H3/t10-,11+/m1/s1. The van der Waals surface area contributed by atoms with Crippen molar-refractivity contribution in [2.75, 3.05) is 26.3 Å². The molecule has 0 aliphatic carbocycles. The molecule has 2 atom stereocenters. The molecule has 21 heavy (non-hydrogen) atoms. The molecule has 0 aromatic rings. The Morgan fingerprint density at radius 3 is 3.00 bits per heavy atom. The van der Waals surface area contributed by atoms with Gasteiger partial charge in [-0.1, -0.05) is 12.7 Å². The lowest BCUT2D eigenvalue weighted by molar-refractivity contribution is -0.185. The predicted molar refractivity (Wildman–Crippen MR) is 72.7 cm³/mol. The number of hydrogen-bond donors (Lipinski definition) is 1. The number of nitrogens with one attached hydrogen (secondary N) is 1. The highest BCUT2D eigenvalue weighted by molar-refractivity contribution is 5.75. The van der Waals surface area contributed by atoms with E-state index in [2.05, 4.69) is 11.9 Å². The van der Waals surface area contributed by atoms with Crippen LogP contribution >= 0.6 is 0 Å². The van der Waals surface area contributed by atoms with Gasteiger partial charge in [-0.15, -0.1) is 0 Å². The Balaban J connectivity index is 1.90. The summed E-state index contributed by atoms with van der Waals surface area (Å²) in [6.07, 6.45) is 1.87. The van der Waals surface area contributed by atoms with Crippen molar-refractivity contribution in [3.05, 3.63) is 12.7 Å². The van der Waals surface area contributed by atoms with Crippen molar-refractivity contribution in [1.82, 2.24) is 10.4 Å². The second-order valence-electron chi connectivity index (χ2n) is 6.15. The van der Waals surface area contributed by atoms with E-state index in [9.17, 15) is 13.6 Å². The zero-order valence-electron chi connectivity index (χ0n) is 12.4. The van der Waals surface area contributed by atoms with Crippen LogP contribution in [0.15, 0.2) is 12.7 Å². The molecule has 0 amide bonds. The first-order valence-corrected chi connectivity index (χ1v) is 7.07. The van der Waals surface area contributed by atoms with Crippen molar-refractivity contribution < 1.29 is 23.1 Å². The molecule has 5 nitrogen and oxygen atoms in total. The van der Waals surface area contributed by atoms with Gasteiger partial charge in [-0.3, -0.25) is 9.63 Å². The van der Waals surface area contributed by atoms with Crippen molar-refractivity contribution in [2.45, 2.75) is 38.3 Å². The number of nitrogens with zero attached hydrogens (tertiary/aromatic N) is 1. The summed E-state index contributed by atoms with van der Waals surface area (Å²) in [7, 11) is 0. The maximum Gasteiger partial charge on any atom is 0.311 e. The van der Waals surface area contributed by atoms with Gasteiger partial charge in [-0.2, -0.15) is 5.06 Å². The molecule has 0 spiro atoms. The lowest BCUT2D eigenvalue weighted by atomic mass is 9.89. The Morgan fingerprint density at radius 2 is 2.33 bits per heavy atom. The molecular formula is C14H22F2N2O3. The highest BCUT2D eigenvalue weighted by atomic mass is 19.3. The number of ether oxygens (including phenoxy) is 1. The monoisotopic (exact) mass is 304 g/mol. The molecule has 0 saturated carbocycles. The molecule has 7 heteroatoms. The van der Waals surface area contributed by atoms with E-state index in [0.717, 1.165) is 0 Å². The third kappa shape index (κ3) is 3.41. The van der Waals surface area contributed by atoms with Gasteiger partial charge in [0, 0.05) is 6.54 Å². The molecule has 2 rings (SSSR count). The predicted octanol–water partition coefficient (Wildman–Crippen LogP) is 1.35. The van der Waals surface area contributed by atoms with Gasteiger partial charge in [0.1, 0.15) is 12.6 Å². The molecule has 0 aromatic heterocycles. The number of halogens is 2. The topological polar surface area (TPSA) is 50.8 Å². The number of esters is 1. The molecule has 2 aliphatic rings. The van der Waals surface area contributed by atoms with Gasteiger partial charge in [-0.25, -0.2) is 8.78 Å². The molecule has 1 N–H and O–H groups in total. The Kier molecular flexibility index (Phi) is 4.65. The first kappa shape index (κ1) is 16.3. The number of alkyl halides is 2. The first-order valence-electron chi connectivity index (χ1n) is 7.07. The maximum atomic E-state index is 13.8. The summed E-state index contributed by atoms with van der Waals surface area (Å²) in [5.41, 5.74) is -0.758. The van der Waals surface area contributed by atoms with E-state index in [1.165, 1.54) is 11.1 Å². The van der Waals surface area contributed by atoms with E-state index in [4.69, 9.17) is 9.57 Å². The van der Waals surface area contributed by atoms with E-state index in [1.807, 2.05) is 0 Å². The Hall–Kier alpha value is -1.05. The van der Waals surface area contributed by atoms with E-state index < -0.39 is 17.4 Å². The highest BCUT2D eigenvalue weighted by Gasteiger charge is 2.57. The van der Waals surface area contributed by atoms with Gasteiger partial charge < -0.3 is 10.1 Å². The Labute approximate surface area is 123 Å². The Bertz CT molecular complexity index is 415. The van der Waals surface area contributed by atoms with E-state index in [-0.39, 0.29) is 38.3 Å². The van der Waals surface area contributed by atoms with Gasteiger partial charge in [0.2, 0.25) is 0 Å². The molecule has 2 aliphatic heterocycles. The molecule has 2 saturated heterocycles. The first-order chi connectivity index (χ1) is 9.78. The average Bonchev–Trinajstić information content (AvgIpc) is 2.96. The van der Waals surface area contributed by atoms with Crippen LogP contribution in [0.2, 0.25) is 0 Å². The maximum absolute atomic E-state index is 13.8. The molecule has 120 valence electrons. The van der Waals surface area contributed by atoms with E-state index in [0.29, 0.717) is 6.42 Å². The average molecular weight is 304 g/mol. The SMILES string of the molecule is C=CCOC(=O)C(C)(C)CCN1OC[C@H]2NCC(F)(F)[C@H]21. The van der Waals surface area contributed by atoms with Crippen molar-refractivity contribution in [3.8, 4) is 0 Å². The number of hydroxylamine groups is 2. The highest BCUT2D eigenvalue weighted by Crippen LogP contribution is 2.36. The lowest BCUT2D eigenvalue weighted by Gasteiger charge is -2.29. The minimum atomic E-state index is -2.81. The van der Waals surface area contributed by atoms with Crippen LogP contribution in [-0.2, 0) is 14.4 Å². The summed E-state index contributed by atoms with van der Waals surface area (Å²) in [5, 5.41) is 4.08. The van der Waals surface area contributed by atoms with E-state index in [1.54, 1.807) is 13.8 Å². The number of fused-ring (bicyclic) bond motifs is 1. The zero-order valence-corrected chi connectivity index (χ0v) is 12.4. The number of hydrogen-bond acceptors (Lipinski definition) is 5. The molecule has 0 radical (unpaired) electrons. The lowest BCUT2D eigenvalue weighted by Crippen LogP contribution is -2.46. The van der Waals surface area contributed by atoms with Gasteiger partial charge in [0.25, 0.3) is 5.92 Å². The summed E-state index contributed by atoms with van der Waals surface area (Å²) in [6.45, 7) is 7.26. The van der Waals surface area contributed by atoms with Crippen molar-refractivity contribution in [2.24, 2.45) is 5.41 Å². The van der Waals surface area contributed by atoms with Crippen molar-refractivity contribution >= 4 is 5.97 Å². The third-order valence-corrected chi connectivity index (χ3v) is 3.99. The van der Waals surface area contributed by atoms with Crippen LogP contribution in [0.5, 0.6) is 0 Å². The smallest absolute Gasteiger partial charge is 0.311 e. The van der Waals surface area contributed by atoms with Crippen LogP contribution in [0.4, 0.5) is 8.78 Å². The molecule has 0 aromatic carbocycles. The minimum absolute atomic E-state index is 0.148. The molecule has 0 unspecified atom stereocenters. The third-order valence-electron chi connectivity index (χ3n) is 3.99. The number of rotatable bonds is 6.